The minimum atomic E-state index is -0.0763. The summed E-state index contributed by atoms with van der Waals surface area (Å²) in [6, 6.07) is 21.1. The van der Waals surface area contributed by atoms with Crippen molar-refractivity contribution >= 4 is 23.1 Å². The van der Waals surface area contributed by atoms with Crippen LogP contribution in [0.4, 0.5) is 11.4 Å². The number of nitrogens with one attached hydrogen (secondary N) is 1. The molecule has 0 saturated carbocycles. The highest BCUT2D eigenvalue weighted by atomic mass is 16.5. The predicted molar refractivity (Wildman–Crippen MR) is 125 cm³/mol. The summed E-state index contributed by atoms with van der Waals surface area (Å²) in [4.78, 5) is 19.9. The van der Waals surface area contributed by atoms with Gasteiger partial charge in [0.25, 0.3) is 0 Å². The van der Waals surface area contributed by atoms with E-state index in [1.807, 2.05) is 66.7 Å². The number of carbonyl (C=O) groups excluding carboxylic acids is 1. The first-order chi connectivity index (χ1) is 15.7. The van der Waals surface area contributed by atoms with E-state index in [4.69, 9.17) is 14.5 Å². The van der Waals surface area contributed by atoms with Crippen LogP contribution in [0.1, 0.15) is 24.0 Å². The molecule has 2 aliphatic heterocycles. The first kappa shape index (κ1) is 20.1. The molecule has 2 heterocycles. The summed E-state index contributed by atoms with van der Waals surface area (Å²) >= 11 is 0. The maximum Gasteiger partial charge on any atom is 0.228 e. The van der Waals surface area contributed by atoms with Crippen LogP contribution in [0.15, 0.2) is 71.7 Å². The van der Waals surface area contributed by atoms with Gasteiger partial charge < -0.3 is 19.7 Å². The Morgan fingerprint density at radius 2 is 1.81 bits per heavy atom. The lowest BCUT2D eigenvalue weighted by atomic mass is 10.1. The van der Waals surface area contributed by atoms with E-state index in [2.05, 4.69) is 10.2 Å². The number of carbonyl (C=O) groups is 1. The van der Waals surface area contributed by atoms with Crippen molar-refractivity contribution in [2.45, 2.75) is 19.3 Å². The summed E-state index contributed by atoms with van der Waals surface area (Å²) in [7, 11) is 1.63. The highest BCUT2D eigenvalue weighted by molar-refractivity contribution is 6.05. The monoisotopic (exact) mass is 427 g/mol. The summed E-state index contributed by atoms with van der Waals surface area (Å²) in [6.07, 6.45) is 2.58. The molecule has 0 aromatic heterocycles. The molecule has 1 N–H and O–H groups in total. The van der Waals surface area contributed by atoms with Gasteiger partial charge in [0.1, 0.15) is 23.0 Å². The molecule has 6 nitrogen and oxygen atoms in total. The molecule has 2 aliphatic rings. The zero-order valence-corrected chi connectivity index (χ0v) is 18.0. The number of likely N-dealkylation sites (tertiary alicyclic amines) is 1. The van der Waals surface area contributed by atoms with E-state index in [0.29, 0.717) is 0 Å². The van der Waals surface area contributed by atoms with Crippen LogP contribution >= 0.6 is 0 Å². The number of amides is 1. The van der Waals surface area contributed by atoms with Crippen molar-refractivity contribution in [1.82, 2.24) is 4.90 Å². The van der Waals surface area contributed by atoms with E-state index in [1.165, 1.54) is 0 Å². The van der Waals surface area contributed by atoms with Gasteiger partial charge in [-0.25, -0.2) is 4.99 Å². The molecule has 3 aromatic rings. The first-order valence-electron chi connectivity index (χ1n) is 10.9. The minimum absolute atomic E-state index is 0.0763. The number of para-hydroxylation sites is 2. The SMILES string of the molecule is COc1ccc(CC(=O)Nc2ccc3c(c2)C(N2CCCC2)=Nc2ccccc2O3)cc1. The first-order valence-corrected chi connectivity index (χ1v) is 10.9. The molecule has 6 heteroatoms. The Labute approximate surface area is 187 Å². The van der Waals surface area contributed by atoms with E-state index in [1.54, 1.807) is 7.11 Å². The zero-order valence-electron chi connectivity index (χ0n) is 18.0. The number of hydrogen-bond acceptors (Lipinski definition) is 5. The van der Waals surface area contributed by atoms with Gasteiger partial charge in [-0.05, 0) is 60.9 Å². The van der Waals surface area contributed by atoms with Crippen molar-refractivity contribution in [3.8, 4) is 17.2 Å². The van der Waals surface area contributed by atoms with Crippen molar-refractivity contribution in [1.29, 1.82) is 0 Å². The molecule has 1 amide bonds. The Morgan fingerprint density at radius 3 is 2.59 bits per heavy atom. The Balaban J connectivity index is 1.42. The van der Waals surface area contributed by atoms with E-state index < -0.39 is 0 Å². The molecule has 0 aliphatic carbocycles. The highest BCUT2D eigenvalue weighted by Crippen LogP contribution is 2.39. The van der Waals surface area contributed by atoms with Gasteiger partial charge in [0.05, 0.1) is 19.1 Å². The number of nitrogens with zero attached hydrogens (tertiary/aromatic N) is 2. The molecule has 0 radical (unpaired) electrons. The highest BCUT2D eigenvalue weighted by Gasteiger charge is 2.25. The normalized spacial score (nSPS) is 14.5. The van der Waals surface area contributed by atoms with Crippen LogP contribution in [0, 0.1) is 0 Å². The van der Waals surface area contributed by atoms with E-state index in [-0.39, 0.29) is 12.3 Å². The van der Waals surface area contributed by atoms with Crippen LogP contribution in [0.2, 0.25) is 0 Å². The average molecular weight is 428 g/mol. The lowest BCUT2D eigenvalue weighted by molar-refractivity contribution is -0.115. The van der Waals surface area contributed by atoms with Crippen molar-refractivity contribution in [3.05, 3.63) is 77.9 Å². The molecule has 5 rings (SSSR count). The average Bonchev–Trinajstić information content (AvgIpc) is 3.29. The molecule has 1 fully saturated rings. The molecule has 1 saturated heterocycles. The second-order valence-corrected chi connectivity index (χ2v) is 7.98. The van der Waals surface area contributed by atoms with Crippen LogP contribution in [0.5, 0.6) is 17.2 Å². The maximum atomic E-state index is 12.7. The summed E-state index contributed by atoms with van der Waals surface area (Å²) < 4.78 is 11.4. The Hall–Kier alpha value is -3.80. The quantitative estimate of drug-likeness (QED) is 0.625. The third kappa shape index (κ3) is 4.17. The smallest absolute Gasteiger partial charge is 0.228 e. The van der Waals surface area contributed by atoms with Gasteiger partial charge >= 0.3 is 0 Å². The van der Waals surface area contributed by atoms with E-state index >= 15 is 0 Å². The summed E-state index contributed by atoms with van der Waals surface area (Å²) in [6.45, 7) is 1.93. The van der Waals surface area contributed by atoms with Crippen LogP contribution < -0.4 is 14.8 Å². The molecular formula is C26H25N3O3. The number of hydrogen-bond donors (Lipinski definition) is 1. The van der Waals surface area contributed by atoms with Crippen LogP contribution in [0.3, 0.4) is 0 Å². The predicted octanol–water partition coefficient (Wildman–Crippen LogP) is 5.16. The lowest BCUT2D eigenvalue weighted by Gasteiger charge is -2.21. The molecule has 0 atom stereocenters. The van der Waals surface area contributed by atoms with Gasteiger partial charge in [0, 0.05) is 18.8 Å². The minimum Gasteiger partial charge on any atom is -0.497 e. The molecule has 3 aromatic carbocycles. The fraction of sp³-hybridized carbons (Fsp3) is 0.231. The second-order valence-electron chi connectivity index (χ2n) is 7.98. The summed E-state index contributed by atoms with van der Waals surface area (Å²) in [5, 5.41) is 3.02. The van der Waals surface area contributed by atoms with Gasteiger partial charge in [-0.3, -0.25) is 4.79 Å². The number of benzene rings is 3. The number of amidine groups is 1. The lowest BCUT2D eigenvalue weighted by Crippen LogP contribution is -2.28. The fourth-order valence-electron chi connectivity index (χ4n) is 4.10. The summed E-state index contributed by atoms with van der Waals surface area (Å²) in [5.74, 6) is 3.07. The number of aliphatic imine (C=N–C) groups is 1. The standard InChI is InChI=1S/C26H25N3O3/c1-31-20-11-8-18(9-12-20)16-25(30)27-19-10-13-23-21(17-19)26(29-14-4-5-15-29)28-22-6-2-3-7-24(22)32-23/h2-3,6-13,17H,4-5,14-16H2,1H3,(H,27,30). The largest absolute Gasteiger partial charge is 0.497 e. The maximum absolute atomic E-state index is 12.7. The number of anilines is 1. The summed E-state index contributed by atoms with van der Waals surface area (Å²) in [5.41, 5.74) is 3.36. The van der Waals surface area contributed by atoms with Gasteiger partial charge in [-0.15, -0.1) is 0 Å². The van der Waals surface area contributed by atoms with Crippen LogP contribution in [-0.2, 0) is 11.2 Å². The third-order valence-corrected chi connectivity index (χ3v) is 5.75. The molecule has 0 bridgehead atoms. The van der Waals surface area contributed by atoms with E-state index in [9.17, 15) is 4.79 Å². The van der Waals surface area contributed by atoms with Crippen molar-refractivity contribution in [2.24, 2.45) is 4.99 Å². The van der Waals surface area contributed by atoms with E-state index in [0.717, 1.165) is 71.5 Å². The number of ether oxygens (including phenoxy) is 2. The Kier molecular flexibility index (Phi) is 5.50. The fourth-order valence-corrected chi connectivity index (χ4v) is 4.10. The van der Waals surface area contributed by atoms with Gasteiger partial charge in [-0.1, -0.05) is 24.3 Å². The van der Waals surface area contributed by atoms with Gasteiger partial charge in [-0.2, -0.15) is 0 Å². The van der Waals surface area contributed by atoms with Gasteiger partial charge in [0.2, 0.25) is 5.91 Å². The van der Waals surface area contributed by atoms with Crippen molar-refractivity contribution < 1.29 is 14.3 Å². The number of fused-ring (bicyclic) bond motifs is 2. The zero-order chi connectivity index (χ0) is 21.9. The van der Waals surface area contributed by atoms with Crippen LogP contribution in [0.25, 0.3) is 0 Å². The number of methoxy groups -OCH3 is 1. The number of rotatable bonds is 4. The van der Waals surface area contributed by atoms with Crippen molar-refractivity contribution in [3.63, 3.8) is 0 Å². The molecular weight excluding hydrogens is 402 g/mol. The third-order valence-electron chi connectivity index (χ3n) is 5.75. The second kappa shape index (κ2) is 8.75. The topological polar surface area (TPSA) is 63.2 Å². The molecule has 0 unspecified atom stereocenters. The van der Waals surface area contributed by atoms with Crippen LogP contribution in [-0.4, -0.2) is 36.8 Å². The molecule has 32 heavy (non-hydrogen) atoms. The van der Waals surface area contributed by atoms with Crippen molar-refractivity contribution in [2.75, 3.05) is 25.5 Å². The van der Waals surface area contributed by atoms with Gasteiger partial charge in [0.15, 0.2) is 5.75 Å². The molecule has 162 valence electrons. The Morgan fingerprint density at radius 1 is 1.03 bits per heavy atom. The Bertz CT molecular complexity index is 1170. The molecule has 0 spiro atoms.